The summed E-state index contributed by atoms with van der Waals surface area (Å²) in [7, 11) is 3.14. The first-order valence-corrected chi connectivity index (χ1v) is 11.8. The van der Waals surface area contributed by atoms with Crippen LogP contribution < -0.4 is 19.7 Å². The molecule has 2 amide bonds. The van der Waals surface area contributed by atoms with Gasteiger partial charge in [0.1, 0.15) is 11.9 Å². The van der Waals surface area contributed by atoms with E-state index in [9.17, 15) is 14.0 Å². The average Bonchev–Trinajstić information content (AvgIpc) is 3.12. The first-order chi connectivity index (χ1) is 17.4. The van der Waals surface area contributed by atoms with Crippen LogP contribution in [0.2, 0.25) is 0 Å². The monoisotopic (exact) mass is 507 g/mol. The van der Waals surface area contributed by atoms with Gasteiger partial charge < -0.3 is 19.7 Å². The van der Waals surface area contributed by atoms with Gasteiger partial charge in [-0.05, 0) is 72.7 Å². The van der Waals surface area contributed by atoms with Gasteiger partial charge in [-0.25, -0.2) is 4.39 Å². The fraction of sp³-hybridized carbons (Fsp3) is 0.222. The number of amides is 2. The predicted octanol–water partition coefficient (Wildman–Crippen LogP) is 4.42. The summed E-state index contributed by atoms with van der Waals surface area (Å²) < 4.78 is 24.2. The minimum Gasteiger partial charge on any atom is -0.493 e. The summed E-state index contributed by atoms with van der Waals surface area (Å²) >= 11 is 5.68. The van der Waals surface area contributed by atoms with E-state index >= 15 is 0 Å². The maximum Gasteiger partial charge on any atom is 0.256 e. The van der Waals surface area contributed by atoms with Gasteiger partial charge in [0.05, 0.1) is 26.3 Å². The number of nitrogens with zero attached hydrogens (tertiary/aromatic N) is 2. The topological polar surface area (TPSA) is 71.1 Å². The molecule has 4 rings (SSSR count). The molecule has 36 heavy (non-hydrogen) atoms. The molecular formula is C27H26FN3O4S. The Hall–Kier alpha value is -3.98. The van der Waals surface area contributed by atoms with Crippen molar-refractivity contribution >= 4 is 40.5 Å². The summed E-state index contributed by atoms with van der Waals surface area (Å²) in [5.41, 5.74) is 2.05. The quantitative estimate of drug-likeness (QED) is 0.433. The largest absolute Gasteiger partial charge is 0.493 e. The normalized spacial score (nSPS) is 15.2. The molecule has 1 heterocycles. The fourth-order valence-corrected chi connectivity index (χ4v) is 4.52. The second-order valence-electron chi connectivity index (χ2n) is 8.20. The number of carbonyl (C=O) groups excluding carboxylic acids is 2. The SMILES string of the molecule is COc1ccc(CCN2C(=S)N(c3ccc(F)cc3)C(=O)[C@H]2CC(=O)Nc2ccccc2)cc1OC. The first kappa shape index (κ1) is 25.1. The third-order valence-electron chi connectivity index (χ3n) is 5.93. The van der Waals surface area contributed by atoms with Crippen LogP contribution in [-0.4, -0.2) is 48.6 Å². The summed E-state index contributed by atoms with van der Waals surface area (Å²) in [4.78, 5) is 29.4. The molecule has 186 valence electrons. The van der Waals surface area contributed by atoms with E-state index in [1.807, 2.05) is 36.4 Å². The smallest absolute Gasteiger partial charge is 0.256 e. The van der Waals surface area contributed by atoms with E-state index in [1.165, 1.54) is 29.2 Å². The zero-order valence-corrected chi connectivity index (χ0v) is 20.8. The van der Waals surface area contributed by atoms with Crippen LogP contribution in [-0.2, 0) is 16.0 Å². The van der Waals surface area contributed by atoms with Crippen LogP contribution in [0.4, 0.5) is 15.8 Å². The second kappa shape index (κ2) is 11.2. The Morgan fingerprint density at radius 3 is 2.36 bits per heavy atom. The van der Waals surface area contributed by atoms with Crippen molar-refractivity contribution in [3.05, 3.63) is 84.2 Å². The van der Waals surface area contributed by atoms with Gasteiger partial charge in [-0.15, -0.1) is 0 Å². The van der Waals surface area contributed by atoms with E-state index in [2.05, 4.69) is 5.32 Å². The van der Waals surface area contributed by atoms with Crippen LogP contribution in [0.5, 0.6) is 11.5 Å². The molecule has 9 heteroatoms. The highest BCUT2D eigenvalue weighted by Crippen LogP contribution is 2.30. The van der Waals surface area contributed by atoms with Crippen LogP contribution >= 0.6 is 12.2 Å². The molecular weight excluding hydrogens is 481 g/mol. The molecule has 1 atom stereocenters. The highest BCUT2D eigenvalue weighted by molar-refractivity contribution is 7.80. The number of ether oxygens (including phenoxy) is 2. The lowest BCUT2D eigenvalue weighted by molar-refractivity contribution is -0.124. The molecule has 1 fully saturated rings. The Balaban J connectivity index is 1.56. The fourth-order valence-electron chi connectivity index (χ4n) is 4.11. The number of carbonyl (C=O) groups is 2. The summed E-state index contributed by atoms with van der Waals surface area (Å²) in [6, 6.07) is 19.4. The third kappa shape index (κ3) is 5.46. The molecule has 3 aromatic rings. The van der Waals surface area contributed by atoms with Crippen molar-refractivity contribution in [2.45, 2.75) is 18.9 Å². The highest BCUT2D eigenvalue weighted by Gasteiger charge is 2.43. The van der Waals surface area contributed by atoms with E-state index in [1.54, 1.807) is 31.3 Å². The van der Waals surface area contributed by atoms with Crippen molar-refractivity contribution in [2.24, 2.45) is 0 Å². The average molecular weight is 508 g/mol. The Labute approximate surface area is 214 Å². The van der Waals surface area contributed by atoms with Gasteiger partial charge in [0, 0.05) is 12.2 Å². The number of hydrogen-bond donors (Lipinski definition) is 1. The molecule has 0 radical (unpaired) electrons. The van der Waals surface area contributed by atoms with Crippen molar-refractivity contribution in [3.8, 4) is 11.5 Å². The van der Waals surface area contributed by atoms with Gasteiger partial charge in [0.2, 0.25) is 5.91 Å². The minimum atomic E-state index is -0.800. The molecule has 3 aromatic carbocycles. The number of benzene rings is 3. The summed E-state index contributed by atoms with van der Waals surface area (Å²) in [5.74, 6) is 0.162. The summed E-state index contributed by atoms with van der Waals surface area (Å²) in [5, 5.41) is 3.10. The maximum atomic E-state index is 13.5. The standard InChI is InChI=1S/C27H26FN3O4S/c1-34-23-13-8-18(16-24(23)35-2)14-15-30-22(17-25(32)29-20-6-4-3-5-7-20)26(33)31(27(30)36)21-11-9-19(28)10-12-21/h3-13,16,22H,14-15,17H2,1-2H3,(H,29,32)/t22-/m1/s1. The first-order valence-electron chi connectivity index (χ1n) is 11.4. The van der Waals surface area contributed by atoms with E-state index in [-0.39, 0.29) is 23.3 Å². The van der Waals surface area contributed by atoms with E-state index in [4.69, 9.17) is 21.7 Å². The van der Waals surface area contributed by atoms with E-state index in [0.717, 1.165) is 5.56 Å². The summed E-state index contributed by atoms with van der Waals surface area (Å²) in [6.07, 6.45) is 0.458. The maximum absolute atomic E-state index is 13.5. The van der Waals surface area contributed by atoms with Gasteiger partial charge in [-0.2, -0.15) is 0 Å². The third-order valence-corrected chi connectivity index (χ3v) is 6.35. The van der Waals surface area contributed by atoms with E-state index < -0.39 is 11.9 Å². The van der Waals surface area contributed by atoms with Crippen LogP contribution in [0.15, 0.2) is 72.8 Å². The number of nitrogens with one attached hydrogen (secondary N) is 1. The van der Waals surface area contributed by atoms with Crippen molar-refractivity contribution in [1.82, 2.24) is 4.90 Å². The Morgan fingerprint density at radius 2 is 1.69 bits per heavy atom. The number of hydrogen-bond acceptors (Lipinski definition) is 5. The van der Waals surface area contributed by atoms with Gasteiger partial charge in [0.25, 0.3) is 5.91 Å². The zero-order chi connectivity index (χ0) is 25.7. The number of para-hydroxylation sites is 1. The van der Waals surface area contributed by atoms with Gasteiger partial charge in [-0.1, -0.05) is 24.3 Å². The van der Waals surface area contributed by atoms with Gasteiger partial charge in [0.15, 0.2) is 16.6 Å². The zero-order valence-electron chi connectivity index (χ0n) is 19.9. The predicted molar refractivity (Wildman–Crippen MR) is 140 cm³/mol. The molecule has 7 nitrogen and oxygen atoms in total. The molecule has 0 spiro atoms. The second-order valence-corrected chi connectivity index (χ2v) is 8.56. The number of thiocarbonyl (C=S) groups is 1. The minimum absolute atomic E-state index is 0.0858. The number of methoxy groups -OCH3 is 2. The molecule has 0 unspecified atom stereocenters. The lowest BCUT2D eigenvalue weighted by Gasteiger charge is -2.24. The highest BCUT2D eigenvalue weighted by atomic mass is 32.1. The molecule has 0 saturated carbocycles. The van der Waals surface area contributed by atoms with Crippen LogP contribution in [0.3, 0.4) is 0 Å². The number of halogens is 1. The van der Waals surface area contributed by atoms with E-state index in [0.29, 0.717) is 35.8 Å². The van der Waals surface area contributed by atoms with Crippen molar-refractivity contribution in [1.29, 1.82) is 0 Å². The Morgan fingerprint density at radius 1 is 1.00 bits per heavy atom. The van der Waals surface area contributed by atoms with Crippen LogP contribution in [0, 0.1) is 5.82 Å². The molecule has 1 aliphatic heterocycles. The molecule has 1 N–H and O–H groups in total. The van der Waals surface area contributed by atoms with Crippen molar-refractivity contribution < 1.29 is 23.5 Å². The molecule has 0 aliphatic carbocycles. The van der Waals surface area contributed by atoms with Gasteiger partial charge in [-0.3, -0.25) is 14.5 Å². The lowest BCUT2D eigenvalue weighted by Crippen LogP contribution is -2.39. The van der Waals surface area contributed by atoms with Crippen molar-refractivity contribution in [2.75, 3.05) is 31.0 Å². The van der Waals surface area contributed by atoms with Crippen LogP contribution in [0.1, 0.15) is 12.0 Å². The number of anilines is 2. The molecule has 1 saturated heterocycles. The van der Waals surface area contributed by atoms with Gasteiger partial charge >= 0.3 is 0 Å². The number of rotatable bonds is 9. The Bertz CT molecular complexity index is 1250. The molecule has 1 aliphatic rings. The van der Waals surface area contributed by atoms with Crippen LogP contribution in [0.25, 0.3) is 0 Å². The van der Waals surface area contributed by atoms with Crippen molar-refractivity contribution in [3.63, 3.8) is 0 Å². The Kier molecular flexibility index (Phi) is 7.80. The molecule has 0 bridgehead atoms. The summed E-state index contributed by atoms with van der Waals surface area (Å²) in [6.45, 7) is 0.390. The lowest BCUT2D eigenvalue weighted by atomic mass is 10.1. The molecule has 0 aromatic heterocycles.